The predicted molar refractivity (Wildman–Crippen MR) is 48.9 cm³/mol. The summed E-state index contributed by atoms with van der Waals surface area (Å²) in [5.41, 5.74) is 1.19. The van der Waals surface area contributed by atoms with Gasteiger partial charge in [0.1, 0.15) is 0 Å². The van der Waals surface area contributed by atoms with E-state index in [2.05, 4.69) is 37.4 Å². The first-order valence-electron chi connectivity index (χ1n) is 3.65. The second-order valence-electron chi connectivity index (χ2n) is 2.73. The number of hydrogen-bond donors (Lipinski definition) is 0. The molecule has 59 valence electrons. The predicted octanol–water partition coefficient (Wildman–Crippen LogP) is 2.73. The number of thioether (sulfide) groups is 1. The van der Waals surface area contributed by atoms with Crippen LogP contribution >= 0.6 is 11.8 Å². The van der Waals surface area contributed by atoms with Crippen LogP contribution in [0.4, 0.5) is 0 Å². The highest BCUT2D eigenvalue weighted by atomic mass is 32.2. The average molecular weight is 166 g/mol. The molecule has 0 aliphatic heterocycles. The SMILES string of the molecule is CSc1cn[c]c(C(C)C)c1. The molecule has 0 bridgehead atoms. The van der Waals surface area contributed by atoms with Crippen molar-refractivity contribution in [2.75, 3.05) is 6.26 Å². The summed E-state index contributed by atoms with van der Waals surface area (Å²) in [6.07, 6.45) is 6.88. The molecule has 0 saturated heterocycles. The van der Waals surface area contributed by atoms with Gasteiger partial charge in [-0.25, -0.2) is 0 Å². The Morgan fingerprint density at radius 3 is 2.82 bits per heavy atom. The van der Waals surface area contributed by atoms with Gasteiger partial charge in [-0.05, 0) is 23.8 Å². The van der Waals surface area contributed by atoms with Crippen LogP contribution in [0.5, 0.6) is 0 Å². The van der Waals surface area contributed by atoms with Gasteiger partial charge in [-0.2, -0.15) is 0 Å². The topological polar surface area (TPSA) is 12.9 Å². The van der Waals surface area contributed by atoms with Gasteiger partial charge in [-0.1, -0.05) is 13.8 Å². The molecular formula is C9H12NS. The highest BCUT2D eigenvalue weighted by molar-refractivity contribution is 7.98. The van der Waals surface area contributed by atoms with Gasteiger partial charge in [0.2, 0.25) is 0 Å². The summed E-state index contributed by atoms with van der Waals surface area (Å²) >= 11 is 1.72. The van der Waals surface area contributed by atoms with Gasteiger partial charge in [0, 0.05) is 11.1 Å². The maximum Gasteiger partial charge on any atom is 0.0924 e. The molecule has 1 rings (SSSR count). The van der Waals surface area contributed by atoms with Crippen molar-refractivity contribution in [1.82, 2.24) is 4.98 Å². The van der Waals surface area contributed by atoms with Gasteiger partial charge < -0.3 is 0 Å². The minimum Gasteiger partial charge on any atom is -0.253 e. The summed E-state index contributed by atoms with van der Waals surface area (Å²) in [7, 11) is 0. The number of rotatable bonds is 2. The van der Waals surface area contributed by atoms with Gasteiger partial charge in [0.15, 0.2) is 0 Å². The van der Waals surface area contributed by atoms with Crippen LogP contribution in [-0.2, 0) is 0 Å². The minimum absolute atomic E-state index is 0.523. The van der Waals surface area contributed by atoms with Crippen molar-refractivity contribution in [3.8, 4) is 0 Å². The van der Waals surface area contributed by atoms with E-state index in [1.165, 1.54) is 10.5 Å². The lowest BCUT2D eigenvalue weighted by molar-refractivity contribution is 0.848. The summed E-state index contributed by atoms with van der Waals surface area (Å²) < 4.78 is 0. The Bertz CT molecular complexity index is 233. The van der Waals surface area contributed by atoms with Crippen LogP contribution in [0.1, 0.15) is 25.3 Å². The largest absolute Gasteiger partial charge is 0.253 e. The monoisotopic (exact) mass is 166 g/mol. The van der Waals surface area contributed by atoms with E-state index in [-0.39, 0.29) is 0 Å². The molecule has 0 atom stereocenters. The lowest BCUT2D eigenvalue weighted by atomic mass is 10.1. The zero-order chi connectivity index (χ0) is 8.27. The van der Waals surface area contributed by atoms with Crippen molar-refractivity contribution in [3.05, 3.63) is 24.0 Å². The second-order valence-corrected chi connectivity index (χ2v) is 3.61. The quantitative estimate of drug-likeness (QED) is 0.626. The van der Waals surface area contributed by atoms with Crippen molar-refractivity contribution in [1.29, 1.82) is 0 Å². The van der Waals surface area contributed by atoms with Gasteiger partial charge in [-0.15, -0.1) is 11.8 Å². The zero-order valence-electron chi connectivity index (χ0n) is 7.09. The van der Waals surface area contributed by atoms with Crippen LogP contribution in [-0.4, -0.2) is 11.2 Å². The Morgan fingerprint density at radius 2 is 2.27 bits per heavy atom. The van der Waals surface area contributed by atoms with E-state index in [0.29, 0.717) is 5.92 Å². The molecule has 0 aliphatic rings. The molecule has 1 heterocycles. The molecule has 1 nitrogen and oxygen atoms in total. The van der Waals surface area contributed by atoms with Gasteiger partial charge in [0.25, 0.3) is 0 Å². The summed E-state index contributed by atoms with van der Waals surface area (Å²) in [5, 5.41) is 0. The minimum atomic E-state index is 0.523. The van der Waals surface area contributed by atoms with Crippen LogP contribution < -0.4 is 0 Å². The van der Waals surface area contributed by atoms with Crippen LogP contribution in [0.25, 0.3) is 0 Å². The Morgan fingerprint density at radius 1 is 1.55 bits per heavy atom. The van der Waals surface area contributed by atoms with Crippen molar-refractivity contribution in [2.24, 2.45) is 0 Å². The second kappa shape index (κ2) is 3.77. The lowest BCUT2D eigenvalue weighted by Gasteiger charge is -2.03. The fourth-order valence-electron chi connectivity index (χ4n) is 0.801. The van der Waals surface area contributed by atoms with E-state index < -0.39 is 0 Å². The third-order valence-electron chi connectivity index (χ3n) is 1.54. The third kappa shape index (κ3) is 2.22. The van der Waals surface area contributed by atoms with E-state index in [1.54, 1.807) is 11.8 Å². The van der Waals surface area contributed by atoms with E-state index >= 15 is 0 Å². The molecule has 0 aliphatic carbocycles. The van der Waals surface area contributed by atoms with Crippen molar-refractivity contribution in [3.63, 3.8) is 0 Å². The van der Waals surface area contributed by atoms with Gasteiger partial charge >= 0.3 is 0 Å². The van der Waals surface area contributed by atoms with Crippen molar-refractivity contribution >= 4 is 11.8 Å². The highest BCUT2D eigenvalue weighted by Crippen LogP contribution is 2.18. The molecule has 0 fully saturated rings. The molecule has 11 heavy (non-hydrogen) atoms. The molecule has 1 aromatic heterocycles. The number of aromatic nitrogens is 1. The Hall–Kier alpha value is -0.500. The molecular weight excluding hydrogens is 154 g/mol. The molecule has 0 saturated carbocycles. The van der Waals surface area contributed by atoms with Crippen LogP contribution in [0, 0.1) is 6.20 Å². The zero-order valence-corrected chi connectivity index (χ0v) is 7.90. The maximum absolute atomic E-state index is 4.03. The van der Waals surface area contributed by atoms with E-state index in [1.807, 2.05) is 6.20 Å². The number of pyridine rings is 1. The van der Waals surface area contributed by atoms with Crippen LogP contribution in [0.3, 0.4) is 0 Å². The van der Waals surface area contributed by atoms with Gasteiger partial charge in [0.05, 0.1) is 6.20 Å². The summed E-state index contributed by atoms with van der Waals surface area (Å²) in [6.45, 7) is 4.30. The molecule has 0 amide bonds. The molecule has 0 N–H and O–H groups in total. The van der Waals surface area contributed by atoms with Gasteiger partial charge in [-0.3, -0.25) is 4.98 Å². The summed E-state index contributed by atoms with van der Waals surface area (Å²) in [4.78, 5) is 5.25. The first kappa shape index (κ1) is 8.60. The van der Waals surface area contributed by atoms with E-state index in [0.717, 1.165) is 0 Å². The smallest absolute Gasteiger partial charge is 0.0924 e. The molecule has 1 aromatic rings. The molecule has 1 radical (unpaired) electrons. The first-order chi connectivity index (χ1) is 5.24. The Kier molecular flexibility index (Phi) is 2.94. The highest BCUT2D eigenvalue weighted by Gasteiger charge is 1.99. The number of nitrogens with zero attached hydrogens (tertiary/aromatic N) is 1. The summed E-state index contributed by atoms with van der Waals surface area (Å²) in [5.74, 6) is 0.523. The van der Waals surface area contributed by atoms with E-state index in [4.69, 9.17) is 0 Å². The molecule has 0 unspecified atom stereocenters. The van der Waals surface area contributed by atoms with E-state index in [9.17, 15) is 0 Å². The first-order valence-corrected chi connectivity index (χ1v) is 4.88. The lowest BCUT2D eigenvalue weighted by Crippen LogP contribution is -1.89. The number of hydrogen-bond acceptors (Lipinski definition) is 2. The normalized spacial score (nSPS) is 10.5. The molecule has 0 spiro atoms. The fourth-order valence-corrected chi connectivity index (χ4v) is 1.20. The third-order valence-corrected chi connectivity index (χ3v) is 2.24. The fraction of sp³-hybridized carbons (Fsp3) is 0.444. The van der Waals surface area contributed by atoms with Crippen LogP contribution in [0.2, 0.25) is 0 Å². The van der Waals surface area contributed by atoms with Crippen molar-refractivity contribution < 1.29 is 0 Å². The maximum atomic E-state index is 4.03. The Labute approximate surface area is 72.2 Å². The van der Waals surface area contributed by atoms with Crippen LogP contribution in [0.15, 0.2) is 17.2 Å². The average Bonchev–Trinajstić information content (AvgIpc) is 2.05. The Balaban J connectivity index is 2.91. The summed E-state index contributed by atoms with van der Waals surface area (Å²) in [6, 6.07) is 2.14. The standard InChI is InChI=1S/C9H12NS/c1-7(2)8-4-9(11-3)6-10-5-8/h4,6-7H,1-3H3. The van der Waals surface area contributed by atoms with Crippen molar-refractivity contribution in [2.45, 2.75) is 24.7 Å². The molecule has 0 aromatic carbocycles. The molecule has 2 heteroatoms.